The first kappa shape index (κ1) is 37.3. The van der Waals surface area contributed by atoms with E-state index in [2.05, 4.69) is 10.4 Å². The normalized spacial score (nSPS) is 25.8. The molecule has 11 nitrogen and oxygen atoms in total. The molecule has 0 radical (unpaired) electrons. The first-order valence-electron chi connectivity index (χ1n) is 17.4. The van der Waals surface area contributed by atoms with Crippen LogP contribution in [-0.4, -0.2) is 52.9 Å². The Labute approximate surface area is 327 Å². The number of alkyl halides is 3. The third-order valence-electron chi connectivity index (χ3n) is 11.4. The number of phenols is 1. The third kappa shape index (κ3) is 5.52. The lowest BCUT2D eigenvalue weighted by Gasteiger charge is -2.50. The predicted molar refractivity (Wildman–Crippen MR) is 197 cm³/mol. The molecule has 3 fully saturated rings. The van der Waals surface area contributed by atoms with E-state index in [1.807, 2.05) is 6.08 Å². The number of methoxy groups -OCH3 is 2. The quantitative estimate of drug-likeness (QED) is 0.145. The molecule has 1 saturated carbocycles. The number of anilines is 2. The van der Waals surface area contributed by atoms with E-state index in [9.17, 15) is 32.7 Å². The van der Waals surface area contributed by atoms with Gasteiger partial charge < -0.3 is 14.6 Å². The zero-order valence-corrected chi connectivity index (χ0v) is 31.0. The van der Waals surface area contributed by atoms with Crippen molar-refractivity contribution in [1.29, 1.82) is 0 Å². The highest BCUT2D eigenvalue weighted by Crippen LogP contribution is 2.65. The number of benzene rings is 3. The summed E-state index contributed by atoms with van der Waals surface area (Å²) in [7, 11) is 2.67. The first-order chi connectivity index (χ1) is 26.7. The van der Waals surface area contributed by atoms with Crippen LogP contribution in [0.4, 0.5) is 24.7 Å². The second kappa shape index (κ2) is 13.6. The molecule has 2 aliphatic heterocycles. The molecule has 3 heterocycles. The van der Waals surface area contributed by atoms with Crippen LogP contribution in [0.2, 0.25) is 10.0 Å². The lowest BCUT2D eigenvalue weighted by Crippen LogP contribution is -2.53. The molecule has 4 aromatic rings. The molecular formula is C40H31Cl2F3N4O7. The molecule has 2 N–H and O–H groups in total. The number of aromatic hydroxyl groups is 1. The summed E-state index contributed by atoms with van der Waals surface area (Å²) in [6.45, 7) is 0. The van der Waals surface area contributed by atoms with Gasteiger partial charge in [0.1, 0.15) is 0 Å². The molecule has 6 unspecified atom stereocenters. The van der Waals surface area contributed by atoms with Crippen molar-refractivity contribution in [2.24, 2.45) is 23.7 Å². The van der Waals surface area contributed by atoms with Crippen LogP contribution in [0.25, 0.3) is 0 Å². The van der Waals surface area contributed by atoms with Crippen LogP contribution in [0.5, 0.6) is 17.2 Å². The molecule has 4 amide bonds. The van der Waals surface area contributed by atoms with Gasteiger partial charge in [-0.25, -0.2) is 4.98 Å². The molecule has 8 rings (SSSR count). The van der Waals surface area contributed by atoms with Gasteiger partial charge in [0.05, 0.1) is 53.7 Å². The van der Waals surface area contributed by atoms with E-state index in [1.54, 1.807) is 54.6 Å². The minimum Gasteiger partial charge on any atom is -0.502 e. The number of nitrogens with one attached hydrogen (secondary N) is 1. The van der Waals surface area contributed by atoms with Gasteiger partial charge in [0.15, 0.2) is 17.3 Å². The SMILES string of the molecule is COc1cc(C2C3=CCC4C(=O)N(c5ccccc5)C(=O)C4C3CC3C(=O)N(Nc4ncc(C(F)(F)F)cc4Cl)C(=O)C32c2ccc(Cl)cc2)cc(OC)c1O. The van der Waals surface area contributed by atoms with Crippen molar-refractivity contribution in [3.05, 3.63) is 117 Å². The van der Waals surface area contributed by atoms with Gasteiger partial charge in [-0.1, -0.05) is 65.2 Å². The van der Waals surface area contributed by atoms with Gasteiger partial charge in [-0.15, -0.1) is 0 Å². The number of phenolic OH excluding ortho intramolecular Hbond substituents is 1. The number of imide groups is 2. The van der Waals surface area contributed by atoms with E-state index in [-0.39, 0.29) is 41.8 Å². The van der Waals surface area contributed by atoms with Crippen molar-refractivity contribution >= 4 is 58.3 Å². The highest BCUT2D eigenvalue weighted by Gasteiger charge is 2.70. The monoisotopic (exact) mass is 806 g/mol. The van der Waals surface area contributed by atoms with Gasteiger partial charge in [0.2, 0.25) is 17.6 Å². The number of aromatic nitrogens is 1. The average molecular weight is 808 g/mol. The largest absolute Gasteiger partial charge is 0.502 e. The number of para-hydroxylation sites is 1. The molecule has 288 valence electrons. The minimum atomic E-state index is -4.77. The molecule has 0 bridgehead atoms. The standard InChI is InChI=1S/C40H31Cl2F3N4O7/c1-55-29-14-19(15-30(56-2)33(29)50)32-24-12-13-25-31(37(53)48(35(25)51)23-6-4-3-5-7-23)26(24)17-27-36(52)49(38(54)39(27,32)20-8-10-22(41)11-9-20)47-34-28(42)16-21(18-46-34)40(43,44)45/h3-12,14-16,18,25-27,31-32,50H,13,17H2,1-2H3,(H,46,47). The second-order valence-corrected chi connectivity index (χ2v) is 14.9. The summed E-state index contributed by atoms with van der Waals surface area (Å²) in [4.78, 5) is 63.8. The van der Waals surface area contributed by atoms with E-state index >= 15 is 4.79 Å². The Balaban J connectivity index is 1.35. The Hall–Kier alpha value is -5.60. The Morgan fingerprint density at radius 2 is 1.55 bits per heavy atom. The van der Waals surface area contributed by atoms with E-state index in [4.69, 9.17) is 32.7 Å². The van der Waals surface area contributed by atoms with Crippen molar-refractivity contribution < 1.29 is 46.9 Å². The number of allylic oxidation sites excluding steroid dienone is 2. The van der Waals surface area contributed by atoms with Gasteiger partial charge >= 0.3 is 6.18 Å². The molecule has 2 aliphatic carbocycles. The Morgan fingerprint density at radius 1 is 0.893 bits per heavy atom. The first-order valence-corrected chi connectivity index (χ1v) is 18.2. The van der Waals surface area contributed by atoms with Crippen LogP contribution in [0.1, 0.15) is 35.4 Å². The summed E-state index contributed by atoms with van der Waals surface area (Å²) in [5.74, 6) is -7.86. The van der Waals surface area contributed by atoms with Gasteiger partial charge in [-0.2, -0.15) is 18.2 Å². The Bertz CT molecular complexity index is 2320. The highest BCUT2D eigenvalue weighted by molar-refractivity contribution is 6.33. The number of amides is 4. The van der Waals surface area contributed by atoms with E-state index in [0.717, 1.165) is 0 Å². The number of carbonyl (C=O) groups is 4. The fourth-order valence-electron chi connectivity index (χ4n) is 9.07. The van der Waals surface area contributed by atoms with Crippen molar-refractivity contribution in [1.82, 2.24) is 9.99 Å². The maximum atomic E-state index is 15.4. The Kier molecular flexibility index (Phi) is 9.04. The van der Waals surface area contributed by atoms with Crippen molar-refractivity contribution in [2.75, 3.05) is 24.5 Å². The van der Waals surface area contributed by atoms with Crippen LogP contribution in [0.3, 0.4) is 0 Å². The molecule has 0 spiro atoms. The highest BCUT2D eigenvalue weighted by atomic mass is 35.5. The van der Waals surface area contributed by atoms with E-state index in [0.29, 0.717) is 44.7 Å². The molecular weight excluding hydrogens is 776 g/mol. The Morgan fingerprint density at radius 3 is 2.16 bits per heavy atom. The molecule has 56 heavy (non-hydrogen) atoms. The smallest absolute Gasteiger partial charge is 0.417 e. The number of hydrogen-bond acceptors (Lipinski definition) is 9. The summed E-state index contributed by atoms with van der Waals surface area (Å²) in [6.07, 6.45) is -2.32. The number of halogens is 5. The predicted octanol–water partition coefficient (Wildman–Crippen LogP) is 7.32. The maximum absolute atomic E-state index is 15.4. The number of fused-ring (bicyclic) bond motifs is 4. The summed E-state index contributed by atoms with van der Waals surface area (Å²) >= 11 is 12.6. The third-order valence-corrected chi connectivity index (χ3v) is 11.9. The molecule has 16 heteroatoms. The molecule has 2 saturated heterocycles. The van der Waals surface area contributed by atoms with Crippen LogP contribution in [0, 0.1) is 23.7 Å². The molecule has 1 aromatic heterocycles. The number of ether oxygens (including phenoxy) is 2. The van der Waals surface area contributed by atoms with Crippen molar-refractivity contribution in [3.63, 3.8) is 0 Å². The van der Waals surface area contributed by atoms with Gasteiger partial charge in [-0.05, 0) is 72.4 Å². The van der Waals surface area contributed by atoms with E-state index in [1.165, 1.54) is 31.3 Å². The zero-order valence-electron chi connectivity index (χ0n) is 29.5. The van der Waals surface area contributed by atoms with Crippen LogP contribution in [0.15, 0.2) is 90.6 Å². The summed E-state index contributed by atoms with van der Waals surface area (Å²) < 4.78 is 51.6. The zero-order chi connectivity index (χ0) is 39.8. The number of hydrogen-bond donors (Lipinski definition) is 2. The lowest BCUT2D eigenvalue weighted by molar-refractivity contribution is -0.139. The number of rotatable bonds is 7. The van der Waals surface area contributed by atoms with Crippen molar-refractivity contribution in [2.45, 2.75) is 30.4 Å². The van der Waals surface area contributed by atoms with Crippen LogP contribution in [-0.2, 0) is 30.8 Å². The summed E-state index contributed by atoms with van der Waals surface area (Å²) in [5, 5.41) is 11.5. The summed E-state index contributed by atoms with van der Waals surface area (Å²) in [5.41, 5.74) is 1.39. The van der Waals surface area contributed by atoms with Crippen LogP contribution < -0.4 is 19.8 Å². The molecule has 4 aliphatic rings. The lowest BCUT2D eigenvalue weighted by atomic mass is 9.49. The summed E-state index contributed by atoms with van der Waals surface area (Å²) in [6, 6.07) is 18.5. The number of carbonyl (C=O) groups excluding carboxylic acids is 4. The van der Waals surface area contributed by atoms with Gasteiger partial charge in [-0.3, -0.25) is 29.5 Å². The second-order valence-electron chi connectivity index (χ2n) is 14.0. The average Bonchev–Trinajstić information content (AvgIpc) is 3.56. The van der Waals surface area contributed by atoms with Crippen LogP contribution >= 0.6 is 23.2 Å². The maximum Gasteiger partial charge on any atom is 0.417 e. The topological polar surface area (TPSA) is 138 Å². The fraction of sp³-hybridized carbons (Fsp3) is 0.275. The van der Waals surface area contributed by atoms with Gasteiger partial charge in [0.25, 0.3) is 11.8 Å². The number of nitrogens with zero attached hydrogens (tertiary/aromatic N) is 3. The minimum absolute atomic E-state index is 0.00608. The van der Waals surface area contributed by atoms with Gasteiger partial charge in [0, 0.05) is 17.1 Å². The molecule has 6 atom stereocenters. The fourth-order valence-corrected chi connectivity index (χ4v) is 9.40. The molecule has 3 aromatic carbocycles. The number of pyridine rings is 1. The number of hydrazine groups is 1. The van der Waals surface area contributed by atoms with Crippen molar-refractivity contribution in [3.8, 4) is 17.2 Å². The van der Waals surface area contributed by atoms with E-state index < -0.39 is 69.5 Å².